The Bertz CT molecular complexity index is 1080. The van der Waals surface area contributed by atoms with Crippen molar-refractivity contribution in [2.45, 2.75) is 0 Å². The van der Waals surface area contributed by atoms with E-state index in [0.717, 1.165) is 0 Å². The number of Topliss-reactive ketones (excluding diaryl/α,β-unsaturated/α-hetero) is 1. The molecule has 0 fully saturated rings. The van der Waals surface area contributed by atoms with Crippen LogP contribution in [0.2, 0.25) is 0 Å². The van der Waals surface area contributed by atoms with Gasteiger partial charge in [-0.15, -0.1) is 0 Å². The third-order valence-electron chi connectivity index (χ3n) is 4.39. The van der Waals surface area contributed by atoms with Crippen LogP contribution in [0.3, 0.4) is 0 Å². The normalized spacial score (nSPS) is 10.3. The molecule has 0 radical (unpaired) electrons. The molecule has 3 rings (SSSR count). The van der Waals surface area contributed by atoms with Gasteiger partial charge in [-0.3, -0.25) is 4.79 Å². The number of ketones is 1. The third kappa shape index (κ3) is 3.98. The fourth-order valence-corrected chi connectivity index (χ4v) is 2.86. The second-order valence-corrected chi connectivity index (χ2v) is 6.07. The number of carboxylic acids is 1. The molecule has 0 spiro atoms. The summed E-state index contributed by atoms with van der Waals surface area (Å²) in [6.45, 7) is 3.94. The number of hydrogen-bond donors (Lipinski definition) is 1. The Morgan fingerprint density at radius 3 is 2.07 bits per heavy atom. The summed E-state index contributed by atoms with van der Waals surface area (Å²) in [4.78, 5) is 32.0. The van der Waals surface area contributed by atoms with E-state index in [1.165, 1.54) is 44.8 Å². The van der Waals surface area contributed by atoms with Gasteiger partial charge in [0.15, 0.2) is 5.78 Å². The first-order chi connectivity index (χ1) is 14.0. The quantitative estimate of drug-likeness (QED) is 0.484. The minimum absolute atomic E-state index is 0.0977. The minimum atomic E-state index is -1.06. The zero-order valence-electron chi connectivity index (χ0n) is 15.9. The number of carboxylic acid groups (broad SMARTS) is 1. The third-order valence-corrected chi connectivity index (χ3v) is 4.39. The standard InChI is InChI=1S/C22H18N2O5/c1-13(21(25)14-4-6-15(7-5-14)22(26)27)17-8-18(16-10-23-12-24-11-16)20(29-3)9-19(17)28-2/h4-12H,1H2,2-3H3,(H,26,27). The summed E-state index contributed by atoms with van der Waals surface area (Å²) < 4.78 is 10.9. The van der Waals surface area contributed by atoms with Crippen molar-refractivity contribution < 1.29 is 24.2 Å². The largest absolute Gasteiger partial charge is 0.496 e. The van der Waals surface area contributed by atoms with Gasteiger partial charge in [-0.2, -0.15) is 0 Å². The van der Waals surface area contributed by atoms with E-state index in [1.807, 2.05) is 0 Å². The van der Waals surface area contributed by atoms with E-state index in [-0.39, 0.29) is 16.9 Å². The van der Waals surface area contributed by atoms with Gasteiger partial charge < -0.3 is 14.6 Å². The van der Waals surface area contributed by atoms with Crippen LogP contribution >= 0.6 is 0 Å². The number of aromatic carboxylic acids is 1. The lowest BCUT2D eigenvalue weighted by Crippen LogP contribution is -2.05. The number of methoxy groups -OCH3 is 2. The van der Waals surface area contributed by atoms with Gasteiger partial charge in [0, 0.05) is 46.3 Å². The molecule has 29 heavy (non-hydrogen) atoms. The van der Waals surface area contributed by atoms with Gasteiger partial charge in [0.25, 0.3) is 0 Å². The predicted molar refractivity (Wildman–Crippen MR) is 107 cm³/mol. The lowest BCUT2D eigenvalue weighted by Gasteiger charge is -2.16. The van der Waals surface area contributed by atoms with Gasteiger partial charge in [0.05, 0.1) is 19.8 Å². The number of carbonyl (C=O) groups is 2. The molecule has 2 aromatic carbocycles. The molecular weight excluding hydrogens is 372 g/mol. The molecule has 1 heterocycles. The van der Waals surface area contributed by atoms with Crippen molar-refractivity contribution in [1.82, 2.24) is 9.97 Å². The van der Waals surface area contributed by atoms with Crippen molar-refractivity contribution in [3.63, 3.8) is 0 Å². The second kappa shape index (κ2) is 8.35. The number of nitrogens with zero attached hydrogens (tertiary/aromatic N) is 2. The maximum Gasteiger partial charge on any atom is 0.335 e. The van der Waals surface area contributed by atoms with E-state index in [0.29, 0.717) is 33.8 Å². The molecule has 0 bridgehead atoms. The fourth-order valence-electron chi connectivity index (χ4n) is 2.86. The highest BCUT2D eigenvalue weighted by Crippen LogP contribution is 2.38. The van der Waals surface area contributed by atoms with Crippen LogP contribution in [-0.2, 0) is 0 Å². The summed E-state index contributed by atoms with van der Waals surface area (Å²) in [5.41, 5.74) is 2.49. The highest BCUT2D eigenvalue weighted by molar-refractivity contribution is 6.29. The van der Waals surface area contributed by atoms with Crippen LogP contribution in [-0.4, -0.2) is 41.0 Å². The number of hydrogen-bond acceptors (Lipinski definition) is 6. The molecule has 0 saturated heterocycles. The maximum absolute atomic E-state index is 12.9. The number of aromatic nitrogens is 2. The number of carbonyl (C=O) groups excluding carboxylic acids is 1. The van der Waals surface area contributed by atoms with E-state index in [2.05, 4.69) is 16.5 Å². The summed E-state index contributed by atoms with van der Waals surface area (Å²) in [6.07, 6.45) is 4.69. The van der Waals surface area contributed by atoms with E-state index in [9.17, 15) is 9.59 Å². The average molecular weight is 390 g/mol. The van der Waals surface area contributed by atoms with Gasteiger partial charge in [0.1, 0.15) is 17.8 Å². The minimum Gasteiger partial charge on any atom is -0.496 e. The van der Waals surface area contributed by atoms with Crippen molar-refractivity contribution in [3.05, 3.63) is 78.4 Å². The number of benzene rings is 2. The Labute approximate surface area is 167 Å². The predicted octanol–water partition coefficient (Wildman–Crippen LogP) is 3.76. The molecule has 0 aliphatic rings. The van der Waals surface area contributed by atoms with Crippen LogP contribution in [0, 0.1) is 0 Å². The molecule has 0 aliphatic heterocycles. The summed E-state index contributed by atoms with van der Waals surface area (Å²) in [5, 5.41) is 9.02. The lowest BCUT2D eigenvalue weighted by atomic mass is 9.94. The van der Waals surface area contributed by atoms with Gasteiger partial charge >= 0.3 is 5.97 Å². The van der Waals surface area contributed by atoms with Gasteiger partial charge in [-0.25, -0.2) is 14.8 Å². The molecule has 0 unspecified atom stereocenters. The van der Waals surface area contributed by atoms with Gasteiger partial charge in [-0.1, -0.05) is 18.7 Å². The van der Waals surface area contributed by atoms with Crippen LogP contribution in [0.1, 0.15) is 26.3 Å². The van der Waals surface area contributed by atoms with Gasteiger partial charge in [-0.05, 0) is 18.2 Å². The van der Waals surface area contributed by atoms with E-state index >= 15 is 0 Å². The highest BCUT2D eigenvalue weighted by atomic mass is 16.5. The van der Waals surface area contributed by atoms with Crippen LogP contribution in [0.25, 0.3) is 16.7 Å². The van der Waals surface area contributed by atoms with E-state index in [1.54, 1.807) is 24.5 Å². The zero-order chi connectivity index (χ0) is 21.0. The first kappa shape index (κ1) is 19.8. The molecule has 146 valence electrons. The number of ether oxygens (including phenoxy) is 2. The van der Waals surface area contributed by atoms with E-state index < -0.39 is 5.97 Å². The van der Waals surface area contributed by atoms with Crippen LogP contribution in [0.15, 0.2) is 61.7 Å². The number of allylic oxidation sites excluding steroid dienone is 1. The summed E-state index contributed by atoms with van der Waals surface area (Å²) in [7, 11) is 3.02. The Kier molecular flexibility index (Phi) is 5.69. The molecule has 1 aromatic heterocycles. The van der Waals surface area contributed by atoms with Crippen LogP contribution < -0.4 is 9.47 Å². The Morgan fingerprint density at radius 1 is 0.931 bits per heavy atom. The smallest absolute Gasteiger partial charge is 0.335 e. The molecule has 0 aliphatic carbocycles. The van der Waals surface area contributed by atoms with Crippen LogP contribution in [0.5, 0.6) is 11.5 Å². The summed E-state index contributed by atoms with van der Waals surface area (Å²) >= 11 is 0. The highest BCUT2D eigenvalue weighted by Gasteiger charge is 2.20. The van der Waals surface area contributed by atoms with Crippen molar-refractivity contribution in [3.8, 4) is 22.6 Å². The first-order valence-corrected chi connectivity index (χ1v) is 8.55. The Hall–Kier alpha value is -4.00. The van der Waals surface area contributed by atoms with Crippen molar-refractivity contribution in [2.75, 3.05) is 14.2 Å². The molecule has 0 atom stereocenters. The molecule has 0 amide bonds. The fraction of sp³-hybridized carbons (Fsp3) is 0.0909. The molecule has 7 heteroatoms. The van der Waals surface area contributed by atoms with E-state index in [4.69, 9.17) is 14.6 Å². The zero-order valence-corrected chi connectivity index (χ0v) is 15.9. The number of rotatable bonds is 7. The van der Waals surface area contributed by atoms with Crippen molar-refractivity contribution in [2.24, 2.45) is 0 Å². The Balaban J connectivity index is 2.05. The van der Waals surface area contributed by atoms with Crippen molar-refractivity contribution >= 4 is 17.3 Å². The molecule has 3 aromatic rings. The van der Waals surface area contributed by atoms with Gasteiger partial charge in [0.2, 0.25) is 0 Å². The molecule has 7 nitrogen and oxygen atoms in total. The maximum atomic E-state index is 12.9. The lowest BCUT2D eigenvalue weighted by molar-refractivity contribution is 0.0696. The SMILES string of the molecule is C=C(C(=O)c1ccc(C(=O)O)cc1)c1cc(-c2cncnc2)c(OC)cc1OC. The first-order valence-electron chi connectivity index (χ1n) is 8.55. The van der Waals surface area contributed by atoms with Crippen LogP contribution in [0.4, 0.5) is 0 Å². The summed E-state index contributed by atoms with van der Waals surface area (Å²) in [6, 6.07) is 9.07. The molecular formula is C22H18N2O5. The monoisotopic (exact) mass is 390 g/mol. The average Bonchev–Trinajstić information content (AvgIpc) is 2.77. The topological polar surface area (TPSA) is 98.6 Å². The Morgan fingerprint density at radius 2 is 1.52 bits per heavy atom. The second-order valence-electron chi connectivity index (χ2n) is 6.07. The summed E-state index contributed by atoms with van der Waals surface area (Å²) in [5.74, 6) is -0.454. The molecule has 1 N–H and O–H groups in total. The molecule has 0 saturated carbocycles. The van der Waals surface area contributed by atoms with Crippen molar-refractivity contribution in [1.29, 1.82) is 0 Å².